The van der Waals surface area contributed by atoms with Crippen LogP contribution in [0.1, 0.15) is 80.0 Å². The smallest absolute Gasteiger partial charge is 0.265 e. The minimum Gasteiger partial charge on any atom is -0.446 e. The minimum absolute atomic E-state index is 0.103. The summed E-state index contributed by atoms with van der Waals surface area (Å²) in [6.07, 6.45) is 19.8. The Bertz CT molecular complexity index is 2490. The lowest BCUT2D eigenvalue weighted by molar-refractivity contribution is 0.290. The number of rotatable bonds is 9. The highest BCUT2D eigenvalue weighted by Crippen LogP contribution is 2.39. The molecule has 4 aromatic rings. The van der Waals surface area contributed by atoms with Gasteiger partial charge in [0.2, 0.25) is 17.8 Å². The molecule has 58 heavy (non-hydrogen) atoms. The lowest BCUT2D eigenvalue weighted by Gasteiger charge is -2.36. The van der Waals surface area contributed by atoms with Crippen LogP contribution in [0.5, 0.6) is 0 Å². The highest BCUT2D eigenvalue weighted by Gasteiger charge is 2.37. The number of aliphatic imine (C=N–C) groups is 4. The molecule has 296 valence electrons. The largest absolute Gasteiger partial charge is 0.446 e. The number of anilines is 4. The number of nitrogens with zero attached hydrogens (tertiary/aromatic N) is 8. The Labute approximate surface area is 338 Å². The summed E-state index contributed by atoms with van der Waals surface area (Å²) in [5.41, 5.74) is 8.46. The third kappa shape index (κ3) is 7.21. The number of benzene rings is 1. The number of hydrogen-bond acceptors (Lipinski definition) is 13. The number of guanidine groups is 2. The number of likely N-dealkylation sites (tertiary alicyclic amines) is 1. The van der Waals surface area contributed by atoms with Crippen LogP contribution in [-0.4, -0.2) is 64.4 Å². The van der Waals surface area contributed by atoms with E-state index >= 15 is 0 Å². The van der Waals surface area contributed by atoms with E-state index in [1.54, 1.807) is 6.26 Å². The van der Waals surface area contributed by atoms with Crippen molar-refractivity contribution in [2.45, 2.75) is 72.1 Å². The summed E-state index contributed by atoms with van der Waals surface area (Å²) in [5, 5.41) is 7.23. The van der Waals surface area contributed by atoms with Gasteiger partial charge in [-0.1, -0.05) is 18.9 Å². The van der Waals surface area contributed by atoms with E-state index in [9.17, 15) is 0 Å². The van der Waals surface area contributed by atoms with E-state index in [1.165, 1.54) is 56.3 Å². The van der Waals surface area contributed by atoms with Crippen molar-refractivity contribution in [2.24, 2.45) is 25.9 Å². The normalized spacial score (nSPS) is 20.7. The predicted molar refractivity (Wildman–Crippen MR) is 229 cm³/mol. The predicted octanol–water partition coefficient (Wildman–Crippen LogP) is 9.46. The molecule has 1 aromatic carbocycles. The standard InChI is InChI=1S/C45H48N10O3/c1-28-27-56-43(46-28)42-51-44-49-38(34-15-13-31(53-19-7-4-5-8-20-53)23-36(34)47-40-17-11-29(2)57-40)25-33-26-39(50-45(52-42)55(33)44)35-16-14-32(54-21-9-6-10-22-54)24-37(35)48-41-18-12-30(3)58-41/h11-15,17-18,23-27,35,47-48H,4-10,16,19-22H2,1-3H3. The summed E-state index contributed by atoms with van der Waals surface area (Å²) in [6, 6.07) is 14.5. The van der Waals surface area contributed by atoms with Crippen molar-refractivity contribution in [2.75, 3.05) is 41.7 Å². The molecule has 1 unspecified atom stereocenters. The van der Waals surface area contributed by atoms with Crippen LogP contribution in [0.4, 0.5) is 23.1 Å². The molecule has 3 aromatic heterocycles. The maximum absolute atomic E-state index is 6.04. The lowest BCUT2D eigenvalue weighted by atomic mass is 9.88. The van der Waals surface area contributed by atoms with Crippen molar-refractivity contribution < 1.29 is 13.3 Å². The third-order valence-electron chi connectivity index (χ3n) is 11.5. The summed E-state index contributed by atoms with van der Waals surface area (Å²) < 4.78 is 17.9. The molecular weight excluding hydrogens is 729 g/mol. The topological polar surface area (TPSA) is 136 Å². The van der Waals surface area contributed by atoms with Crippen molar-refractivity contribution in [3.63, 3.8) is 0 Å². The molecular formula is C45H48N10O3. The molecule has 10 rings (SSSR count). The van der Waals surface area contributed by atoms with E-state index in [0.717, 1.165) is 83.9 Å². The first-order chi connectivity index (χ1) is 28.4. The Balaban J connectivity index is 1.08. The average molecular weight is 777 g/mol. The Hall–Kier alpha value is -6.37. The first kappa shape index (κ1) is 36.0. The summed E-state index contributed by atoms with van der Waals surface area (Å²) >= 11 is 0. The van der Waals surface area contributed by atoms with Gasteiger partial charge in [0.25, 0.3) is 5.89 Å². The van der Waals surface area contributed by atoms with Gasteiger partial charge in [-0.3, -0.25) is 0 Å². The van der Waals surface area contributed by atoms with E-state index in [2.05, 4.69) is 67.9 Å². The molecule has 8 heterocycles. The zero-order chi connectivity index (χ0) is 39.2. The third-order valence-corrected chi connectivity index (χ3v) is 11.5. The molecule has 2 fully saturated rings. The Kier molecular flexibility index (Phi) is 9.42. The number of allylic oxidation sites excluding steroid dienone is 5. The van der Waals surface area contributed by atoms with Crippen LogP contribution >= 0.6 is 0 Å². The molecule has 6 aliphatic rings. The number of hydrogen-bond donors (Lipinski definition) is 2. The van der Waals surface area contributed by atoms with Gasteiger partial charge in [-0.25, -0.2) is 19.9 Å². The van der Waals surface area contributed by atoms with Crippen LogP contribution in [-0.2, 0) is 0 Å². The molecule has 13 heteroatoms. The second kappa shape index (κ2) is 15.2. The van der Waals surface area contributed by atoms with E-state index in [4.69, 9.17) is 33.2 Å². The maximum atomic E-state index is 6.04. The Morgan fingerprint density at radius 1 is 0.672 bits per heavy atom. The fourth-order valence-electron chi connectivity index (χ4n) is 8.53. The van der Waals surface area contributed by atoms with E-state index in [-0.39, 0.29) is 5.92 Å². The summed E-state index contributed by atoms with van der Waals surface area (Å²) in [6.45, 7) is 9.99. The fourth-order valence-corrected chi connectivity index (χ4v) is 8.53. The Morgan fingerprint density at radius 2 is 1.38 bits per heavy atom. The molecule has 1 aliphatic carbocycles. The number of aryl methyl sites for hydroxylation is 3. The van der Waals surface area contributed by atoms with Gasteiger partial charge in [0.1, 0.15) is 17.8 Å². The molecule has 1 atom stereocenters. The number of oxazole rings is 1. The average Bonchev–Trinajstić information content (AvgIpc) is 3.92. The molecule has 0 amide bonds. The summed E-state index contributed by atoms with van der Waals surface area (Å²) in [5.74, 6) is 4.49. The minimum atomic E-state index is -0.103. The van der Waals surface area contributed by atoms with E-state index < -0.39 is 0 Å². The fraction of sp³-hybridized carbons (Fsp3) is 0.356. The van der Waals surface area contributed by atoms with Crippen molar-refractivity contribution in [1.29, 1.82) is 0 Å². The van der Waals surface area contributed by atoms with Crippen molar-refractivity contribution >= 4 is 52.3 Å². The van der Waals surface area contributed by atoms with Crippen LogP contribution in [0.25, 0.3) is 5.70 Å². The molecule has 2 saturated heterocycles. The van der Waals surface area contributed by atoms with Gasteiger partial charge in [0, 0.05) is 66.9 Å². The van der Waals surface area contributed by atoms with Gasteiger partial charge in [0.05, 0.1) is 28.5 Å². The van der Waals surface area contributed by atoms with Gasteiger partial charge in [0.15, 0.2) is 11.8 Å². The first-order valence-electron chi connectivity index (χ1n) is 20.6. The van der Waals surface area contributed by atoms with Crippen molar-refractivity contribution in [3.8, 4) is 0 Å². The van der Waals surface area contributed by atoms with E-state index in [0.29, 0.717) is 35.4 Å². The Morgan fingerprint density at radius 3 is 2.09 bits per heavy atom. The number of piperidine rings is 1. The van der Waals surface area contributed by atoms with Gasteiger partial charge in [-0.05, 0) is 108 Å². The van der Waals surface area contributed by atoms with Crippen LogP contribution < -0.4 is 15.5 Å². The molecule has 0 spiro atoms. The van der Waals surface area contributed by atoms with Crippen LogP contribution in [0.3, 0.4) is 0 Å². The molecule has 13 nitrogen and oxygen atoms in total. The first-order valence-corrected chi connectivity index (χ1v) is 20.6. The van der Waals surface area contributed by atoms with Crippen molar-refractivity contribution in [3.05, 3.63) is 119 Å². The molecule has 0 bridgehead atoms. The quantitative estimate of drug-likeness (QED) is 0.170. The number of aromatic nitrogens is 1. The van der Waals surface area contributed by atoms with Gasteiger partial charge in [-0.2, -0.15) is 9.98 Å². The molecule has 2 N–H and O–H groups in total. The highest BCUT2D eigenvalue weighted by atomic mass is 16.4. The molecule has 0 saturated carbocycles. The van der Waals surface area contributed by atoms with Gasteiger partial charge >= 0.3 is 0 Å². The SMILES string of the molecule is Cc1coc(C2=NC3=NC(c4ccc(N5CCCCCC5)cc4Nc4ccc(C)o4)=CC4=CC(C5CC=C(N6CCCCC6)C=C5Nc5ccc(C)o5)=NC(=N2)N43)n1. The number of nitrogens with one attached hydrogen (secondary N) is 2. The zero-order valence-electron chi connectivity index (χ0n) is 33.3. The van der Waals surface area contributed by atoms with Gasteiger partial charge < -0.3 is 33.7 Å². The maximum Gasteiger partial charge on any atom is 0.265 e. The lowest BCUT2D eigenvalue weighted by Crippen LogP contribution is -2.43. The molecule has 5 aliphatic heterocycles. The van der Waals surface area contributed by atoms with Crippen molar-refractivity contribution in [1.82, 2.24) is 14.8 Å². The zero-order valence-corrected chi connectivity index (χ0v) is 33.3. The second-order valence-corrected chi connectivity index (χ2v) is 15.8. The monoisotopic (exact) mass is 776 g/mol. The summed E-state index contributed by atoms with van der Waals surface area (Å²) in [7, 11) is 0. The second-order valence-electron chi connectivity index (χ2n) is 15.8. The summed E-state index contributed by atoms with van der Waals surface area (Å²) in [4.78, 5) is 31.8. The van der Waals surface area contributed by atoms with Gasteiger partial charge in [-0.15, -0.1) is 0 Å². The van der Waals surface area contributed by atoms with Crippen LogP contribution in [0.2, 0.25) is 0 Å². The number of amidine groups is 1. The van der Waals surface area contributed by atoms with E-state index in [1.807, 2.05) is 49.9 Å². The number of furan rings is 2. The van der Waals surface area contributed by atoms with Crippen LogP contribution in [0.15, 0.2) is 123 Å². The highest BCUT2D eigenvalue weighted by molar-refractivity contribution is 6.23. The molecule has 0 radical (unpaired) electrons. The van der Waals surface area contributed by atoms with Crippen LogP contribution in [0, 0.1) is 26.7 Å².